The van der Waals surface area contributed by atoms with Gasteiger partial charge < -0.3 is 18.6 Å². The first-order valence-electron chi connectivity index (χ1n) is 15.7. The number of methoxy groups -OCH3 is 2. The maximum absolute atomic E-state index is 14.8. The summed E-state index contributed by atoms with van der Waals surface area (Å²) >= 11 is 0.998. The Hall–Kier alpha value is -4.39. The molecule has 0 spiro atoms. The average Bonchev–Trinajstić information content (AvgIpc) is 3.64. The minimum absolute atomic E-state index is 0.0405. The van der Waals surface area contributed by atoms with Crippen molar-refractivity contribution in [2.45, 2.75) is 50.1 Å². The van der Waals surface area contributed by atoms with E-state index in [1.54, 1.807) is 37.4 Å². The lowest BCUT2D eigenvalue weighted by molar-refractivity contribution is 0.284. The van der Waals surface area contributed by atoms with E-state index in [9.17, 15) is 8.42 Å². The van der Waals surface area contributed by atoms with E-state index in [1.165, 1.54) is 17.7 Å². The van der Waals surface area contributed by atoms with Crippen molar-refractivity contribution < 1.29 is 27.1 Å². The molecule has 0 saturated heterocycles. The number of aromatic nitrogens is 2. The van der Waals surface area contributed by atoms with E-state index in [0.29, 0.717) is 41.6 Å². The van der Waals surface area contributed by atoms with Crippen LogP contribution in [-0.2, 0) is 23.0 Å². The summed E-state index contributed by atoms with van der Waals surface area (Å²) in [5.41, 5.74) is 1.50. The summed E-state index contributed by atoms with van der Waals surface area (Å²) in [6, 6.07) is 29.2. The maximum Gasteiger partial charge on any atom is 0.319 e. The van der Waals surface area contributed by atoms with Gasteiger partial charge in [0.2, 0.25) is 5.13 Å². The summed E-state index contributed by atoms with van der Waals surface area (Å²) in [5.74, 6) is 2.11. The second-order valence-corrected chi connectivity index (χ2v) is 19.4. The molecule has 4 aromatic carbocycles. The first-order chi connectivity index (χ1) is 23.1. The molecule has 9 nitrogen and oxygen atoms in total. The quantitative estimate of drug-likeness (QED) is 0.150. The van der Waals surface area contributed by atoms with E-state index >= 15 is 0 Å². The minimum atomic E-state index is -4.23. The smallest absolute Gasteiger partial charge is 0.319 e. The largest absolute Gasteiger partial charge is 0.534 e. The van der Waals surface area contributed by atoms with Gasteiger partial charge in [-0.15, -0.1) is 0 Å². The van der Waals surface area contributed by atoms with E-state index in [2.05, 4.69) is 54.4 Å². The molecule has 1 aliphatic rings. The van der Waals surface area contributed by atoms with Crippen LogP contribution < -0.4 is 33.3 Å². The van der Waals surface area contributed by atoms with E-state index in [-0.39, 0.29) is 21.6 Å². The summed E-state index contributed by atoms with van der Waals surface area (Å²) in [5, 5.41) is 2.06. The molecule has 2 heterocycles. The summed E-state index contributed by atoms with van der Waals surface area (Å²) in [4.78, 5) is 4.35. The highest BCUT2D eigenvalue weighted by molar-refractivity contribution is 7.93. The van der Waals surface area contributed by atoms with Gasteiger partial charge in [0, 0.05) is 34.8 Å². The van der Waals surface area contributed by atoms with Crippen molar-refractivity contribution in [3.8, 4) is 23.0 Å². The lowest BCUT2D eigenvalue weighted by atomic mass is 10.1. The van der Waals surface area contributed by atoms with Gasteiger partial charge in [-0.3, -0.25) is 0 Å². The van der Waals surface area contributed by atoms with Crippen molar-refractivity contribution in [2.24, 2.45) is 0 Å². The predicted octanol–water partition coefficient (Wildman–Crippen LogP) is 6.21. The Bertz CT molecular complexity index is 1930. The van der Waals surface area contributed by atoms with E-state index < -0.39 is 18.3 Å². The van der Waals surface area contributed by atoms with E-state index in [4.69, 9.17) is 18.6 Å². The molecule has 0 radical (unpaired) electrons. The molecule has 0 bridgehead atoms. The van der Waals surface area contributed by atoms with Crippen LogP contribution >= 0.6 is 11.5 Å². The molecule has 6 rings (SSSR count). The first kappa shape index (κ1) is 33.5. The van der Waals surface area contributed by atoms with Gasteiger partial charge in [-0.05, 0) is 46.5 Å². The molecule has 0 unspecified atom stereocenters. The molecular weight excluding hydrogens is 663 g/mol. The molecule has 5 aromatic rings. The fourth-order valence-corrected chi connectivity index (χ4v) is 12.9. The molecule has 0 aliphatic carbocycles. The summed E-state index contributed by atoms with van der Waals surface area (Å²) < 4.78 is 59.6. The number of ether oxygens (including phenoxy) is 3. The average molecular weight is 702 g/mol. The minimum Gasteiger partial charge on any atom is -0.534 e. The molecule has 0 fully saturated rings. The van der Waals surface area contributed by atoms with Crippen LogP contribution in [0.4, 0.5) is 5.13 Å². The number of sulfonamides is 1. The van der Waals surface area contributed by atoms with Gasteiger partial charge >= 0.3 is 8.32 Å². The topological polar surface area (TPSA) is 100 Å². The first-order valence-corrected chi connectivity index (χ1v) is 19.8. The lowest BCUT2D eigenvalue weighted by Gasteiger charge is -2.43. The molecule has 48 heavy (non-hydrogen) atoms. The summed E-state index contributed by atoms with van der Waals surface area (Å²) in [6.07, 6.45) is 2.85. The van der Waals surface area contributed by atoms with Gasteiger partial charge in [0.1, 0.15) is 29.3 Å². The van der Waals surface area contributed by atoms with Crippen molar-refractivity contribution in [3.63, 3.8) is 0 Å². The molecular formula is C36H39N3O6S2Si. The normalized spacial score (nSPS) is 13.3. The van der Waals surface area contributed by atoms with Gasteiger partial charge in [0.05, 0.1) is 32.3 Å². The highest BCUT2D eigenvalue weighted by Crippen LogP contribution is 2.43. The molecule has 250 valence electrons. The Labute approximate surface area is 287 Å². The van der Waals surface area contributed by atoms with Gasteiger partial charge in [-0.2, -0.15) is 4.37 Å². The molecule has 1 aromatic heterocycles. The van der Waals surface area contributed by atoms with Gasteiger partial charge in [-0.1, -0.05) is 81.4 Å². The third-order valence-corrected chi connectivity index (χ3v) is 16.1. The van der Waals surface area contributed by atoms with Crippen molar-refractivity contribution in [1.29, 1.82) is 0 Å². The van der Waals surface area contributed by atoms with Crippen LogP contribution in [0.2, 0.25) is 5.04 Å². The van der Waals surface area contributed by atoms with Gasteiger partial charge in [-0.25, -0.2) is 17.7 Å². The zero-order chi connectivity index (χ0) is 33.9. The van der Waals surface area contributed by atoms with Crippen LogP contribution in [0.5, 0.6) is 23.0 Å². The number of hydrogen-bond donors (Lipinski definition) is 0. The Kier molecular flexibility index (Phi) is 9.50. The number of anilines is 1. The van der Waals surface area contributed by atoms with E-state index in [0.717, 1.165) is 33.9 Å². The second kappa shape index (κ2) is 13.6. The fraction of sp³-hybridized carbons (Fsp3) is 0.278. The predicted molar refractivity (Wildman–Crippen MR) is 191 cm³/mol. The van der Waals surface area contributed by atoms with Crippen molar-refractivity contribution in [3.05, 3.63) is 108 Å². The molecule has 0 N–H and O–H groups in total. The molecule has 0 atom stereocenters. The summed E-state index contributed by atoms with van der Waals surface area (Å²) in [7, 11) is -4.23. The number of rotatable bonds is 11. The van der Waals surface area contributed by atoms with Crippen molar-refractivity contribution in [1.82, 2.24) is 9.36 Å². The zero-order valence-electron chi connectivity index (χ0n) is 27.7. The standard InChI is InChI=1S/C36H39N3O6S2Si/c1-36(2,3)48(29-13-8-6-9-14-29,30-15-10-7-11-16-30)45-34-23-28(22-33-31(34)17-12-20-44-33)47(40,41)39(35-37-25-38-46-35)24-26-18-19-27(42-4)21-32(26)43-5/h6-11,13-16,18-19,21-23,25H,12,17,20,24H2,1-5H3. The van der Waals surface area contributed by atoms with Crippen LogP contribution in [0.15, 0.2) is 102 Å². The highest BCUT2D eigenvalue weighted by atomic mass is 32.2. The monoisotopic (exact) mass is 701 g/mol. The SMILES string of the molecule is COc1ccc(CN(c2ncns2)S(=O)(=O)c2cc3c(c(O[Si](c4ccccc4)(c4ccccc4)C(C)(C)C)c2)CCCO3)c(OC)c1. The second-order valence-electron chi connectivity index (χ2n) is 12.5. The van der Waals surface area contributed by atoms with Crippen LogP contribution in [0.1, 0.15) is 38.3 Å². The number of benzene rings is 4. The Morgan fingerprint density at radius 1 is 0.896 bits per heavy atom. The van der Waals surface area contributed by atoms with Crippen LogP contribution in [0.25, 0.3) is 0 Å². The zero-order valence-corrected chi connectivity index (χ0v) is 30.3. The third-order valence-electron chi connectivity index (χ3n) is 8.61. The van der Waals surface area contributed by atoms with E-state index in [1.807, 2.05) is 36.4 Å². The Balaban J connectivity index is 1.53. The Morgan fingerprint density at radius 3 is 2.17 bits per heavy atom. The van der Waals surface area contributed by atoms with Gasteiger partial charge in [0.25, 0.3) is 10.0 Å². The fourth-order valence-electron chi connectivity index (χ4n) is 6.25. The highest BCUT2D eigenvalue weighted by Gasteiger charge is 2.52. The molecule has 12 heteroatoms. The molecule has 0 amide bonds. The van der Waals surface area contributed by atoms with Crippen molar-refractivity contribution in [2.75, 3.05) is 25.1 Å². The number of nitrogens with zero attached hydrogens (tertiary/aromatic N) is 3. The summed E-state index contributed by atoms with van der Waals surface area (Å²) in [6.45, 7) is 7.03. The third kappa shape index (κ3) is 6.27. The van der Waals surface area contributed by atoms with Crippen LogP contribution in [-0.4, -0.2) is 46.9 Å². The molecule has 0 saturated carbocycles. The van der Waals surface area contributed by atoms with Crippen molar-refractivity contribution >= 4 is 45.4 Å². The lowest BCUT2D eigenvalue weighted by Crippen LogP contribution is -2.69. The number of fused-ring (bicyclic) bond motifs is 1. The Morgan fingerprint density at radius 2 is 1.58 bits per heavy atom. The number of hydrogen-bond acceptors (Lipinski definition) is 9. The van der Waals surface area contributed by atoms with Crippen LogP contribution in [0.3, 0.4) is 0 Å². The maximum atomic E-state index is 14.8. The van der Waals surface area contributed by atoms with Gasteiger partial charge in [0.15, 0.2) is 0 Å². The molecule has 1 aliphatic heterocycles. The van der Waals surface area contributed by atoms with Crippen LogP contribution in [0, 0.1) is 0 Å².